The van der Waals surface area contributed by atoms with Crippen LogP contribution in [0.15, 0.2) is 99.9 Å². The van der Waals surface area contributed by atoms with Crippen LogP contribution in [0.3, 0.4) is 0 Å². The van der Waals surface area contributed by atoms with Gasteiger partial charge in [0.1, 0.15) is 17.0 Å². The van der Waals surface area contributed by atoms with E-state index >= 15 is 0 Å². The molecule has 0 aliphatic heterocycles. The van der Waals surface area contributed by atoms with Crippen molar-refractivity contribution in [1.29, 1.82) is 0 Å². The number of benzene rings is 4. The van der Waals surface area contributed by atoms with Crippen LogP contribution in [-0.2, 0) is 6.54 Å². The van der Waals surface area contributed by atoms with Gasteiger partial charge in [-0.15, -0.1) is 0 Å². The Bertz CT molecular complexity index is 1530. The summed E-state index contributed by atoms with van der Waals surface area (Å²) in [5, 5.41) is 2.25. The quantitative estimate of drug-likeness (QED) is 0.279. The first kappa shape index (κ1) is 17.5. The first-order valence-electron chi connectivity index (χ1n) is 9.88. The molecule has 0 fully saturated rings. The second-order valence-corrected chi connectivity index (χ2v) is 8.27. The zero-order chi connectivity index (χ0) is 20.1. The number of furan rings is 1. The van der Waals surface area contributed by atoms with Gasteiger partial charge < -0.3 is 8.98 Å². The van der Waals surface area contributed by atoms with E-state index in [1.165, 1.54) is 5.56 Å². The lowest BCUT2D eigenvalue weighted by atomic mass is 10.1. The Kier molecular flexibility index (Phi) is 3.99. The maximum Gasteiger partial charge on any atom is 0.141 e. The standard InChI is InChI=1S/C26H17BrN2O/c27-21-12-6-4-10-18(21)16-29-23-14-20-19-11-5-7-13-24(19)30-25(20)15-22(23)28-26(29)17-8-2-1-3-9-17/h1-15H,16H2. The number of imidazole rings is 1. The van der Waals surface area contributed by atoms with Crippen LogP contribution in [0.4, 0.5) is 0 Å². The van der Waals surface area contributed by atoms with E-state index in [0.717, 1.165) is 55.4 Å². The van der Waals surface area contributed by atoms with Crippen molar-refractivity contribution in [2.75, 3.05) is 0 Å². The molecule has 0 unspecified atom stereocenters. The highest BCUT2D eigenvalue weighted by molar-refractivity contribution is 9.10. The van der Waals surface area contributed by atoms with Gasteiger partial charge in [0.25, 0.3) is 0 Å². The molecule has 0 spiro atoms. The lowest BCUT2D eigenvalue weighted by Gasteiger charge is -2.11. The summed E-state index contributed by atoms with van der Waals surface area (Å²) in [7, 11) is 0. The predicted octanol–water partition coefficient (Wildman–Crippen LogP) is 7.41. The fraction of sp³-hybridized carbons (Fsp3) is 0.0385. The van der Waals surface area contributed by atoms with Crippen LogP contribution < -0.4 is 0 Å². The van der Waals surface area contributed by atoms with Gasteiger partial charge in [0, 0.05) is 26.9 Å². The van der Waals surface area contributed by atoms with Gasteiger partial charge in [-0.1, -0.05) is 82.7 Å². The molecule has 6 rings (SSSR count). The van der Waals surface area contributed by atoms with E-state index in [1.54, 1.807) is 0 Å². The van der Waals surface area contributed by atoms with Gasteiger partial charge in [0.15, 0.2) is 0 Å². The van der Waals surface area contributed by atoms with Crippen molar-refractivity contribution >= 4 is 48.9 Å². The normalized spacial score (nSPS) is 11.6. The Labute approximate surface area is 181 Å². The second-order valence-electron chi connectivity index (χ2n) is 7.41. The van der Waals surface area contributed by atoms with Gasteiger partial charge in [0.05, 0.1) is 17.6 Å². The topological polar surface area (TPSA) is 31.0 Å². The van der Waals surface area contributed by atoms with Crippen molar-refractivity contribution in [3.05, 3.63) is 101 Å². The van der Waals surface area contributed by atoms with Gasteiger partial charge >= 0.3 is 0 Å². The number of hydrogen-bond acceptors (Lipinski definition) is 2. The minimum absolute atomic E-state index is 0.726. The second kappa shape index (κ2) is 6.85. The van der Waals surface area contributed by atoms with Gasteiger partial charge in [-0.25, -0.2) is 4.98 Å². The molecule has 6 aromatic rings. The molecule has 0 aliphatic rings. The molecule has 0 aliphatic carbocycles. The van der Waals surface area contributed by atoms with Crippen LogP contribution >= 0.6 is 15.9 Å². The minimum atomic E-state index is 0.726. The highest BCUT2D eigenvalue weighted by Crippen LogP contribution is 2.34. The zero-order valence-electron chi connectivity index (χ0n) is 16.0. The van der Waals surface area contributed by atoms with Crippen molar-refractivity contribution in [2.24, 2.45) is 0 Å². The monoisotopic (exact) mass is 452 g/mol. The van der Waals surface area contributed by atoms with Crippen LogP contribution in [0, 0.1) is 0 Å². The number of para-hydroxylation sites is 1. The summed E-state index contributed by atoms with van der Waals surface area (Å²) in [6, 6.07) is 31.2. The summed E-state index contributed by atoms with van der Waals surface area (Å²) in [6.45, 7) is 0.726. The Balaban J connectivity index is 1.66. The number of aromatic nitrogens is 2. The fourth-order valence-corrected chi connectivity index (χ4v) is 4.52. The average molecular weight is 453 g/mol. The largest absolute Gasteiger partial charge is 0.456 e. The van der Waals surface area contributed by atoms with Crippen molar-refractivity contribution in [2.45, 2.75) is 6.54 Å². The molecule has 2 aromatic heterocycles. The number of rotatable bonds is 3. The zero-order valence-corrected chi connectivity index (χ0v) is 17.6. The van der Waals surface area contributed by atoms with Crippen LogP contribution in [0.5, 0.6) is 0 Å². The Morgan fingerprint density at radius 1 is 0.767 bits per heavy atom. The number of fused-ring (bicyclic) bond motifs is 4. The molecule has 0 bridgehead atoms. The highest BCUT2D eigenvalue weighted by atomic mass is 79.9. The third-order valence-electron chi connectivity index (χ3n) is 5.57. The van der Waals surface area contributed by atoms with E-state index in [2.05, 4.69) is 87.2 Å². The maximum atomic E-state index is 6.10. The average Bonchev–Trinajstić information content (AvgIpc) is 3.32. The Morgan fingerprint density at radius 3 is 2.40 bits per heavy atom. The van der Waals surface area contributed by atoms with Crippen LogP contribution in [0.1, 0.15) is 5.56 Å². The third kappa shape index (κ3) is 2.76. The van der Waals surface area contributed by atoms with Gasteiger partial charge in [0.2, 0.25) is 0 Å². The van der Waals surface area contributed by atoms with E-state index in [9.17, 15) is 0 Å². The van der Waals surface area contributed by atoms with Gasteiger partial charge in [-0.3, -0.25) is 0 Å². The molecule has 0 radical (unpaired) electrons. The maximum absolute atomic E-state index is 6.10. The Hall–Kier alpha value is -3.37. The van der Waals surface area contributed by atoms with Crippen LogP contribution in [0.2, 0.25) is 0 Å². The SMILES string of the molecule is Brc1ccccc1Cn1c(-c2ccccc2)nc2cc3oc4ccccc4c3cc21. The molecule has 0 saturated carbocycles. The molecular weight excluding hydrogens is 436 g/mol. The summed E-state index contributed by atoms with van der Waals surface area (Å²) >= 11 is 3.70. The van der Waals surface area contributed by atoms with Gasteiger partial charge in [-0.2, -0.15) is 0 Å². The molecule has 0 saturated heterocycles. The van der Waals surface area contributed by atoms with E-state index < -0.39 is 0 Å². The predicted molar refractivity (Wildman–Crippen MR) is 126 cm³/mol. The summed E-state index contributed by atoms with van der Waals surface area (Å²) in [5.74, 6) is 0.957. The number of hydrogen-bond donors (Lipinski definition) is 0. The first-order valence-corrected chi connectivity index (χ1v) is 10.7. The van der Waals surface area contributed by atoms with Crippen molar-refractivity contribution in [1.82, 2.24) is 9.55 Å². The number of halogens is 1. The van der Waals surface area contributed by atoms with Crippen molar-refractivity contribution in [3.8, 4) is 11.4 Å². The third-order valence-corrected chi connectivity index (χ3v) is 6.34. The van der Waals surface area contributed by atoms with Gasteiger partial charge in [-0.05, 0) is 23.8 Å². The Morgan fingerprint density at radius 2 is 1.53 bits per heavy atom. The van der Waals surface area contributed by atoms with E-state index in [1.807, 2.05) is 24.3 Å². The molecule has 4 heteroatoms. The van der Waals surface area contributed by atoms with Crippen LogP contribution in [0.25, 0.3) is 44.4 Å². The molecule has 0 N–H and O–H groups in total. The molecular formula is C26H17BrN2O. The lowest BCUT2D eigenvalue weighted by Crippen LogP contribution is -2.03. The number of nitrogens with zero attached hydrogens (tertiary/aromatic N) is 2. The van der Waals surface area contributed by atoms with E-state index in [-0.39, 0.29) is 0 Å². The summed E-state index contributed by atoms with van der Waals surface area (Å²) < 4.78 is 9.49. The lowest BCUT2D eigenvalue weighted by molar-refractivity contribution is 0.669. The molecule has 0 atom stereocenters. The molecule has 144 valence electrons. The molecule has 30 heavy (non-hydrogen) atoms. The summed E-state index contributed by atoms with van der Waals surface area (Å²) in [4.78, 5) is 5.02. The molecule has 4 aromatic carbocycles. The van der Waals surface area contributed by atoms with E-state index in [0.29, 0.717) is 0 Å². The first-order chi connectivity index (χ1) is 14.8. The minimum Gasteiger partial charge on any atom is -0.456 e. The smallest absolute Gasteiger partial charge is 0.141 e. The molecule has 3 nitrogen and oxygen atoms in total. The van der Waals surface area contributed by atoms with E-state index in [4.69, 9.17) is 9.40 Å². The fourth-order valence-electron chi connectivity index (χ4n) is 4.11. The van der Waals surface area contributed by atoms with Crippen molar-refractivity contribution < 1.29 is 4.42 Å². The highest BCUT2D eigenvalue weighted by Gasteiger charge is 2.17. The summed E-state index contributed by atoms with van der Waals surface area (Å²) in [6.07, 6.45) is 0. The molecule has 2 heterocycles. The molecule has 0 amide bonds. The van der Waals surface area contributed by atoms with Crippen molar-refractivity contribution in [3.63, 3.8) is 0 Å². The van der Waals surface area contributed by atoms with Crippen LogP contribution in [-0.4, -0.2) is 9.55 Å². The summed E-state index contributed by atoms with van der Waals surface area (Å²) in [5.41, 5.74) is 6.12.